The van der Waals surface area contributed by atoms with E-state index in [1.165, 1.54) is 25.3 Å². The molecule has 1 N–H and O–H groups in total. The molecule has 0 aliphatic heterocycles. The highest BCUT2D eigenvalue weighted by Gasteiger charge is 2.22. The molecule has 0 spiro atoms. The van der Waals surface area contributed by atoms with Crippen LogP contribution in [0.4, 0.5) is 5.69 Å². The summed E-state index contributed by atoms with van der Waals surface area (Å²) in [4.78, 5) is 12.0. The molecule has 0 atom stereocenters. The van der Waals surface area contributed by atoms with Crippen molar-refractivity contribution in [2.24, 2.45) is 0 Å². The number of esters is 1. The van der Waals surface area contributed by atoms with Crippen LogP contribution in [0.25, 0.3) is 11.1 Å². The van der Waals surface area contributed by atoms with E-state index in [4.69, 9.17) is 4.74 Å². The number of anilines is 1. The second-order valence-corrected chi connectivity index (χ2v) is 7.16. The molecule has 26 heavy (non-hydrogen) atoms. The lowest BCUT2D eigenvalue weighted by atomic mass is 10.1. The fraction of sp³-hybridized carbons (Fsp3) is 0.0500. The molecule has 0 heterocycles. The van der Waals surface area contributed by atoms with E-state index in [2.05, 4.69) is 4.72 Å². The van der Waals surface area contributed by atoms with E-state index in [0.29, 0.717) is 5.56 Å². The SMILES string of the molecule is COC(=O)c1ccccc1NS(=O)(=O)c1ccccc1-c1ccccc1. The van der Waals surface area contributed by atoms with Gasteiger partial charge in [0.1, 0.15) is 0 Å². The van der Waals surface area contributed by atoms with E-state index < -0.39 is 16.0 Å². The number of carbonyl (C=O) groups excluding carboxylic acids is 1. The van der Waals surface area contributed by atoms with Gasteiger partial charge in [-0.3, -0.25) is 4.72 Å². The summed E-state index contributed by atoms with van der Waals surface area (Å²) >= 11 is 0. The zero-order valence-corrected chi connectivity index (χ0v) is 14.9. The zero-order valence-electron chi connectivity index (χ0n) is 14.0. The topological polar surface area (TPSA) is 72.5 Å². The van der Waals surface area contributed by atoms with Crippen LogP contribution in [0.3, 0.4) is 0 Å². The molecule has 0 saturated heterocycles. The van der Waals surface area contributed by atoms with E-state index in [9.17, 15) is 13.2 Å². The second kappa shape index (κ2) is 7.41. The van der Waals surface area contributed by atoms with Gasteiger partial charge in [-0.1, -0.05) is 60.7 Å². The predicted molar refractivity (Wildman–Crippen MR) is 100 cm³/mol. The number of methoxy groups -OCH3 is 1. The van der Waals surface area contributed by atoms with Crippen molar-refractivity contribution in [3.05, 3.63) is 84.4 Å². The molecular weight excluding hydrogens is 350 g/mol. The molecule has 3 aromatic rings. The van der Waals surface area contributed by atoms with E-state index in [1.807, 2.05) is 30.3 Å². The summed E-state index contributed by atoms with van der Waals surface area (Å²) in [5.74, 6) is -0.611. The van der Waals surface area contributed by atoms with Gasteiger partial charge in [0.05, 0.1) is 23.3 Å². The van der Waals surface area contributed by atoms with Crippen molar-refractivity contribution in [1.82, 2.24) is 0 Å². The third kappa shape index (κ3) is 3.60. The first-order valence-corrected chi connectivity index (χ1v) is 9.36. The lowest BCUT2D eigenvalue weighted by Crippen LogP contribution is -2.16. The smallest absolute Gasteiger partial charge is 0.339 e. The van der Waals surface area contributed by atoms with Crippen LogP contribution in [0.2, 0.25) is 0 Å². The molecule has 0 unspecified atom stereocenters. The molecule has 5 nitrogen and oxygen atoms in total. The van der Waals surface area contributed by atoms with Gasteiger partial charge in [0.15, 0.2) is 0 Å². The average molecular weight is 367 g/mol. The fourth-order valence-corrected chi connectivity index (χ4v) is 3.93. The van der Waals surface area contributed by atoms with E-state index in [1.54, 1.807) is 30.3 Å². The number of para-hydroxylation sites is 1. The molecule has 0 fully saturated rings. The molecular formula is C20H17NO4S. The summed E-state index contributed by atoms with van der Waals surface area (Å²) in [5, 5.41) is 0. The van der Waals surface area contributed by atoms with Crippen molar-refractivity contribution in [3.8, 4) is 11.1 Å². The minimum absolute atomic E-state index is 0.130. The van der Waals surface area contributed by atoms with Gasteiger partial charge in [-0.05, 0) is 23.8 Å². The van der Waals surface area contributed by atoms with Crippen LogP contribution in [0.15, 0.2) is 83.8 Å². The number of benzene rings is 3. The number of hydrogen-bond donors (Lipinski definition) is 1. The normalized spacial score (nSPS) is 11.0. The Morgan fingerprint density at radius 2 is 1.46 bits per heavy atom. The van der Waals surface area contributed by atoms with Crippen LogP contribution >= 0.6 is 0 Å². The second-order valence-electron chi connectivity index (χ2n) is 5.50. The molecule has 3 rings (SSSR count). The molecule has 0 saturated carbocycles. The standard InChI is InChI=1S/C20H17NO4S/c1-25-20(22)17-12-5-7-13-18(17)21-26(23,24)19-14-8-6-11-16(19)15-9-3-2-4-10-15/h2-14,21H,1H3. The van der Waals surface area contributed by atoms with Gasteiger partial charge in [-0.25, -0.2) is 13.2 Å². The van der Waals surface area contributed by atoms with E-state index >= 15 is 0 Å². The highest BCUT2D eigenvalue weighted by atomic mass is 32.2. The summed E-state index contributed by atoms with van der Waals surface area (Å²) in [5.41, 5.74) is 1.68. The summed E-state index contributed by atoms with van der Waals surface area (Å²) in [7, 11) is -2.67. The number of ether oxygens (including phenoxy) is 1. The van der Waals surface area contributed by atoms with Crippen LogP contribution in [-0.2, 0) is 14.8 Å². The first-order valence-electron chi connectivity index (χ1n) is 7.87. The third-order valence-electron chi connectivity index (χ3n) is 3.84. The van der Waals surface area contributed by atoms with Crippen molar-refractivity contribution >= 4 is 21.7 Å². The van der Waals surface area contributed by atoms with Crippen molar-refractivity contribution < 1.29 is 17.9 Å². The Hall–Kier alpha value is -3.12. The summed E-state index contributed by atoms with van der Waals surface area (Å²) in [6.45, 7) is 0. The monoisotopic (exact) mass is 367 g/mol. The van der Waals surface area contributed by atoms with Crippen LogP contribution < -0.4 is 4.72 Å². The highest BCUT2D eigenvalue weighted by Crippen LogP contribution is 2.29. The van der Waals surface area contributed by atoms with Gasteiger partial charge >= 0.3 is 5.97 Å². The largest absolute Gasteiger partial charge is 0.465 e. The molecule has 0 aliphatic carbocycles. The van der Waals surface area contributed by atoms with Crippen molar-refractivity contribution in [2.45, 2.75) is 4.90 Å². The summed E-state index contributed by atoms with van der Waals surface area (Å²) in [6, 6.07) is 22.3. The zero-order chi connectivity index (χ0) is 18.6. The Morgan fingerprint density at radius 1 is 0.846 bits per heavy atom. The molecule has 0 aromatic heterocycles. The average Bonchev–Trinajstić information content (AvgIpc) is 2.68. The molecule has 0 bridgehead atoms. The quantitative estimate of drug-likeness (QED) is 0.693. The minimum Gasteiger partial charge on any atom is -0.465 e. The van der Waals surface area contributed by atoms with Crippen LogP contribution in [0.5, 0.6) is 0 Å². The Morgan fingerprint density at radius 3 is 2.19 bits per heavy atom. The van der Waals surface area contributed by atoms with E-state index in [0.717, 1.165) is 5.56 Å². The van der Waals surface area contributed by atoms with Crippen molar-refractivity contribution in [1.29, 1.82) is 0 Å². The van der Waals surface area contributed by atoms with Crippen molar-refractivity contribution in [2.75, 3.05) is 11.8 Å². The van der Waals surface area contributed by atoms with Crippen LogP contribution in [0, 0.1) is 0 Å². The van der Waals surface area contributed by atoms with Gasteiger partial charge < -0.3 is 4.74 Å². The Kier molecular flexibility index (Phi) is 5.04. The van der Waals surface area contributed by atoms with Gasteiger partial charge in [0, 0.05) is 5.56 Å². The lowest BCUT2D eigenvalue weighted by Gasteiger charge is -2.14. The third-order valence-corrected chi connectivity index (χ3v) is 5.26. The fourth-order valence-electron chi connectivity index (χ4n) is 2.62. The highest BCUT2D eigenvalue weighted by molar-refractivity contribution is 7.92. The number of rotatable bonds is 5. The van der Waals surface area contributed by atoms with Gasteiger partial charge in [0.25, 0.3) is 10.0 Å². The molecule has 3 aromatic carbocycles. The van der Waals surface area contributed by atoms with Crippen LogP contribution in [0.1, 0.15) is 10.4 Å². The maximum absolute atomic E-state index is 13.0. The Bertz CT molecular complexity index is 1030. The molecule has 132 valence electrons. The molecule has 0 amide bonds. The molecule has 6 heteroatoms. The van der Waals surface area contributed by atoms with Gasteiger partial charge in [-0.15, -0.1) is 0 Å². The number of hydrogen-bond acceptors (Lipinski definition) is 4. The lowest BCUT2D eigenvalue weighted by molar-refractivity contribution is 0.0602. The van der Waals surface area contributed by atoms with Gasteiger partial charge in [0.2, 0.25) is 0 Å². The number of sulfonamides is 1. The minimum atomic E-state index is -3.91. The maximum Gasteiger partial charge on any atom is 0.339 e. The van der Waals surface area contributed by atoms with Gasteiger partial charge in [-0.2, -0.15) is 0 Å². The maximum atomic E-state index is 13.0. The van der Waals surface area contributed by atoms with E-state index in [-0.39, 0.29) is 16.1 Å². The Balaban J connectivity index is 2.05. The summed E-state index contributed by atoms with van der Waals surface area (Å²) < 4.78 is 33.2. The Labute approximate surface area is 152 Å². The first-order chi connectivity index (χ1) is 12.5. The molecule has 0 radical (unpaired) electrons. The first kappa shape index (κ1) is 17.7. The molecule has 0 aliphatic rings. The predicted octanol–water partition coefficient (Wildman–Crippen LogP) is 3.94. The number of nitrogens with one attached hydrogen (secondary N) is 1. The number of carbonyl (C=O) groups is 1. The van der Waals surface area contributed by atoms with Crippen molar-refractivity contribution in [3.63, 3.8) is 0 Å². The summed E-state index contributed by atoms with van der Waals surface area (Å²) in [6.07, 6.45) is 0. The van der Waals surface area contributed by atoms with Crippen LogP contribution in [-0.4, -0.2) is 21.5 Å².